The second-order valence-electron chi connectivity index (χ2n) is 3.79. The van der Waals surface area contributed by atoms with Gasteiger partial charge in [0.15, 0.2) is 0 Å². The van der Waals surface area contributed by atoms with E-state index in [4.69, 9.17) is 11.6 Å². The molecule has 2 aliphatic rings. The van der Waals surface area contributed by atoms with Crippen molar-refractivity contribution in [3.63, 3.8) is 0 Å². The van der Waals surface area contributed by atoms with Crippen LogP contribution < -0.4 is 5.32 Å². The summed E-state index contributed by atoms with van der Waals surface area (Å²) in [6.07, 6.45) is 1.09. The minimum absolute atomic E-state index is 0.504. The number of amidine groups is 1. The molecule has 1 aromatic rings. The van der Waals surface area contributed by atoms with Crippen molar-refractivity contribution in [2.24, 2.45) is 4.99 Å². The molecule has 0 bridgehead atoms. The highest BCUT2D eigenvalue weighted by molar-refractivity contribution is 6.30. The highest BCUT2D eigenvalue weighted by Crippen LogP contribution is 2.37. The molecule has 1 unspecified atom stereocenters. The van der Waals surface area contributed by atoms with E-state index >= 15 is 0 Å². The third kappa shape index (κ3) is 1.14. The number of benzene rings is 1. The lowest BCUT2D eigenvalue weighted by atomic mass is 9.77. The zero-order valence-corrected chi connectivity index (χ0v) is 8.51. The standard InChI is InChI=1S/C11H11ClN2/c12-8-1-2-9-7(5-8)6-10(9)11-13-3-4-14-11/h1-2,5,10H,3-4,6H2,(H,13,14). The Morgan fingerprint density at radius 2 is 2.36 bits per heavy atom. The van der Waals surface area contributed by atoms with Gasteiger partial charge in [-0.25, -0.2) is 0 Å². The van der Waals surface area contributed by atoms with E-state index in [2.05, 4.69) is 22.4 Å². The molecule has 0 aromatic heterocycles. The number of rotatable bonds is 1. The summed E-state index contributed by atoms with van der Waals surface area (Å²) in [5.74, 6) is 1.67. The van der Waals surface area contributed by atoms with Crippen molar-refractivity contribution in [3.05, 3.63) is 34.3 Å². The molecule has 72 valence electrons. The second-order valence-corrected chi connectivity index (χ2v) is 4.23. The number of halogens is 1. The van der Waals surface area contributed by atoms with Crippen molar-refractivity contribution in [2.75, 3.05) is 13.1 Å². The first-order valence-electron chi connectivity index (χ1n) is 4.91. The van der Waals surface area contributed by atoms with Crippen LogP contribution in [0.1, 0.15) is 17.0 Å². The van der Waals surface area contributed by atoms with Crippen LogP contribution in [0.3, 0.4) is 0 Å². The van der Waals surface area contributed by atoms with Crippen LogP contribution in [0.5, 0.6) is 0 Å². The molecule has 0 fully saturated rings. The van der Waals surface area contributed by atoms with Crippen LogP contribution in [0.2, 0.25) is 5.02 Å². The van der Waals surface area contributed by atoms with Gasteiger partial charge >= 0.3 is 0 Å². The number of nitrogens with zero attached hydrogens (tertiary/aromatic N) is 1. The maximum atomic E-state index is 5.91. The molecule has 1 atom stereocenters. The number of nitrogens with one attached hydrogen (secondary N) is 1. The Bertz CT molecular complexity index is 412. The van der Waals surface area contributed by atoms with Crippen LogP contribution in [0.4, 0.5) is 0 Å². The van der Waals surface area contributed by atoms with Crippen LogP contribution in [-0.4, -0.2) is 18.9 Å². The highest BCUT2D eigenvalue weighted by Gasteiger charge is 2.31. The Kier molecular flexibility index (Phi) is 1.77. The van der Waals surface area contributed by atoms with E-state index in [9.17, 15) is 0 Å². The first-order chi connectivity index (χ1) is 6.84. The zero-order valence-electron chi connectivity index (χ0n) is 7.76. The molecule has 2 nitrogen and oxygen atoms in total. The van der Waals surface area contributed by atoms with Crippen LogP contribution in [-0.2, 0) is 6.42 Å². The van der Waals surface area contributed by atoms with Gasteiger partial charge in [0.05, 0.1) is 6.54 Å². The number of fused-ring (bicyclic) bond motifs is 1. The van der Waals surface area contributed by atoms with Crippen molar-refractivity contribution < 1.29 is 0 Å². The molecule has 0 radical (unpaired) electrons. The molecule has 3 heteroatoms. The average molecular weight is 207 g/mol. The molecule has 1 heterocycles. The van der Waals surface area contributed by atoms with Gasteiger partial charge in [0, 0.05) is 17.5 Å². The van der Waals surface area contributed by atoms with Gasteiger partial charge in [0.25, 0.3) is 0 Å². The van der Waals surface area contributed by atoms with Crippen LogP contribution in [0.25, 0.3) is 0 Å². The Labute approximate surface area is 88.0 Å². The SMILES string of the molecule is Clc1ccc2c(c1)CC2C1=NCCN1. The average Bonchev–Trinajstić information content (AvgIpc) is 2.62. The first-order valence-corrected chi connectivity index (χ1v) is 5.29. The normalized spacial score (nSPS) is 23.5. The van der Waals surface area contributed by atoms with Gasteiger partial charge in [0.1, 0.15) is 5.84 Å². The fraction of sp³-hybridized carbons (Fsp3) is 0.364. The quantitative estimate of drug-likeness (QED) is 0.747. The van der Waals surface area contributed by atoms with Gasteiger partial charge in [-0.3, -0.25) is 4.99 Å². The Hall–Kier alpha value is -1.02. The largest absolute Gasteiger partial charge is 0.371 e. The van der Waals surface area contributed by atoms with Crippen molar-refractivity contribution in [2.45, 2.75) is 12.3 Å². The van der Waals surface area contributed by atoms with E-state index in [1.807, 2.05) is 6.07 Å². The summed E-state index contributed by atoms with van der Waals surface area (Å²) in [6, 6.07) is 6.14. The molecule has 0 spiro atoms. The number of hydrogen-bond donors (Lipinski definition) is 1. The molecule has 3 rings (SSSR count). The van der Waals surface area contributed by atoms with Gasteiger partial charge in [-0.2, -0.15) is 0 Å². The predicted molar refractivity (Wildman–Crippen MR) is 58.2 cm³/mol. The Morgan fingerprint density at radius 3 is 3.07 bits per heavy atom. The Morgan fingerprint density at radius 1 is 1.43 bits per heavy atom. The smallest absolute Gasteiger partial charge is 0.104 e. The topological polar surface area (TPSA) is 24.4 Å². The molecule has 1 N–H and O–H groups in total. The van der Waals surface area contributed by atoms with Crippen molar-refractivity contribution in [1.82, 2.24) is 5.32 Å². The second kappa shape index (κ2) is 2.99. The van der Waals surface area contributed by atoms with Crippen LogP contribution >= 0.6 is 11.6 Å². The maximum Gasteiger partial charge on any atom is 0.104 e. The lowest BCUT2D eigenvalue weighted by Gasteiger charge is -2.30. The fourth-order valence-corrected chi connectivity index (χ4v) is 2.38. The number of hydrogen-bond acceptors (Lipinski definition) is 2. The monoisotopic (exact) mass is 206 g/mol. The minimum Gasteiger partial charge on any atom is -0.371 e. The summed E-state index contributed by atoms with van der Waals surface area (Å²) in [7, 11) is 0. The van der Waals surface area contributed by atoms with Gasteiger partial charge < -0.3 is 5.32 Å². The molecular weight excluding hydrogens is 196 g/mol. The Balaban J connectivity index is 1.91. The first kappa shape index (κ1) is 8.30. The van der Waals surface area contributed by atoms with E-state index in [0.717, 1.165) is 24.5 Å². The number of aliphatic imine (C=N–C) groups is 1. The maximum absolute atomic E-state index is 5.91. The molecule has 1 aliphatic heterocycles. The lowest BCUT2D eigenvalue weighted by Crippen LogP contribution is -2.32. The minimum atomic E-state index is 0.504. The van der Waals surface area contributed by atoms with E-state index in [-0.39, 0.29) is 0 Å². The molecule has 0 amide bonds. The molecular formula is C11H11ClN2. The van der Waals surface area contributed by atoms with E-state index in [0.29, 0.717) is 5.92 Å². The van der Waals surface area contributed by atoms with Gasteiger partial charge in [0.2, 0.25) is 0 Å². The predicted octanol–water partition coefficient (Wildman–Crippen LogP) is 1.98. The van der Waals surface area contributed by atoms with Crippen molar-refractivity contribution >= 4 is 17.4 Å². The lowest BCUT2D eigenvalue weighted by molar-refractivity contribution is 0.748. The van der Waals surface area contributed by atoms with Gasteiger partial charge in [-0.1, -0.05) is 17.7 Å². The third-order valence-corrected chi connectivity index (χ3v) is 3.17. The van der Waals surface area contributed by atoms with Gasteiger partial charge in [-0.05, 0) is 29.7 Å². The van der Waals surface area contributed by atoms with E-state index < -0.39 is 0 Å². The van der Waals surface area contributed by atoms with E-state index in [1.165, 1.54) is 17.0 Å². The molecule has 0 saturated carbocycles. The third-order valence-electron chi connectivity index (χ3n) is 2.93. The summed E-state index contributed by atoms with van der Waals surface area (Å²) >= 11 is 5.91. The van der Waals surface area contributed by atoms with Crippen molar-refractivity contribution in [1.29, 1.82) is 0 Å². The summed E-state index contributed by atoms with van der Waals surface area (Å²) in [6.45, 7) is 1.92. The van der Waals surface area contributed by atoms with Crippen LogP contribution in [0, 0.1) is 0 Å². The molecule has 0 saturated heterocycles. The van der Waals surface area contributed by atoms with Gasteiger partial charge in [-0.15, -0.1) is 0 Å². The summed E-state index contributed by atoms with van der Waals surface area (Å²) < 4.78 is 0. The summed E-state index contributed by atoms with van der Waals surface area (Å²) in [5, 5.41) is 4.17. The van der Waals surface area contributed by atoms with Crippen molar-refractivity contribution in [3.8, 4) is 0 Å². The summed E-state index contributed by atoms with van der Waals surface area (Å²) in [4.78, 5) is 4.45. The summed E-state index contributed by atoms with van der Waals surface area (Å²) in [5.41, 5.74) is 2.77. The highest BCUT2D eigenvalue weighted by atomic mass is 35.5. The van der Waals surface area contributed by atoms with Crippen LogP contribution in [0.15, 0.2) is 23.2 Å². The molecule has 1 aliphatic carbocycles. The zero-order chi connectivity index (χ0) is 9.54. The fourth-order valence-electron chi connectivity index (χ4n) is 2.18. The molecule has 14 heavy (non-hydrogen) atoms. The van der Waals surface area contributed by atoms with E-state index in [1.54, 1.807) is 0 Å². The molecule has 1 aromatic carbocycles.